The highest BCUT2D eigenvalue weighted by molar-refractivity contribution is 5.80. The Balaban J connectivity index is 1.84. The smallest absolute Gasteiger partial charge is 0.188 e. The summed E-state index contributed by atoms with van der Waals surface area (Å²) in [5.74, 6) is 0.937. The van der Waals surface area contributed by atoms with Crippen LogP contribution in [-0.4, -0.2) is 18.5 Å². The van der Waals surface area contributed by atoms with Crippen molar-refractivity contribution in [2.45, 2.75) is 18.4 Å². The van der Waals surface area contributed by atoms with Gasteiger partial charge in [-0.3, -0.25) is 4.99 Å². The van der Waals surface area contributed by atoms with Crippen molar-refractivity contribution in [2.75, 3.05) is 6.54 Å². The Morgan fingerprint density at radius 3 is 2.30 bits per heavy atom. The average Bonchev–Trinajstić information content (AvgIpc) is 2.93. The third-order valence-electron chi connectivity index (χ3n) is 3.80. The highest BCUT2D eigenvalue weighted by Gasteiger charge is 2.26. The molecule has 0 fully saturated rings. The summed E-state index contributed by atoms with van der Waals surface area (Å²) in [4.78, 5) is 4.29. The molecule has 1 heterocycles. The Kier molecular flexibility index (Phi) is 3.68. The van der Waals surface area contributed by atoms with Gasteiger partial charge in [0.05, 0.1) is 12.6 Å². The molecule has 3 rings (SSSR count). The number of nitrogens with two attached hydrogens (primary N) is 1. The molecule has 0 aliphatic carbocycles. The molecule has 1 aliphatic rings. The van der Waals surface area contributed by atoms with Crippen molar-refractivity contribution >= 4 is 5.96 Å². The Morgan fingerprint density at radius 2 is 1.70 bits per heavy atom. The highest BCUT2D eigenvalue weighted by atomic mass is 15.2. The maximum atomic E-state index is 5.77. The SMILES string of the molecule is NC1=NCC(C(Cc2ccccc2)c2ccccc2)N1. The number of benzene rings is 2. The van der Waals surface area contributed by atoms with E-state index in [-0.39, 0.29) is 6.04 Å². The van der Waals surface area contributed by atoms with Crippen LogP contribution < -0.4 is 11.1 Å². The quantitative estimate of drug-likeness (QED) is 0.891. The van der Waals surface area contributed by atoms with Crippen molar-refractivity contribution in [1.29, 1.82) is 0 Å². The summed E-state index contributed by atoms with van der Waals surface area (Å²) >= 11 is 0. The fourth-order valence-corrected chi connectivity index (χ4v) is 2.77. The Bertz CT molecular complexity index is 578. The van der Waals surface area contributed by atoms with Crippen LogP contribution in [0.25, 0.3) is 0 Å². The molecule has 3 nitrogen and oxygen atoms in total. The second-order valence-corrected chi connectivity index (χ2v) is 5.18. The van der Waals surface area contributed by atoms with Gasteiger partial charge in [-0.15, -0.1) is 0 Å². The van der Waals surface area contributed by atoms with E-state index >= 15 is 0 Å². The minimum Gasteiger partial charge on any atom is -0.370 e. The maximum Gasteiger partial charge on any atom is 0.188 e. The minimum atomic E-state index is 0.276. The molecule has 0 radical (unpaired) electrons. The lowest BCUT2D eigenvalue weighted by molar-refractivity contribution is 0.517. The van der Waals surface area contributed by atoms with E-state index in [9.17, 15) is 0 Å². The van der Waals surface area contributed by atoms with Crippen molar-refractivity contribution in [3.05, 3.63) is 71.8 Å². The van der Waals surface area contributed by atoms with Gasteiger partial charge in [0.15, 0.2) is 5.96 Å². The molecule has 102 valence electrons. The molecule has 2 unspecified atom stereocenters. The van der Waals surface area contributed by atoms with Crippen LogP contribution in [0.2, 0.25) is 0 Å². The fraction of sp³-hybridized carbons (Fsp3) is 0.235. The molecule has 20 heavy (non-hydrogen) atoms. The lowest BCUT2D eigenvalue weighted by atomic mass is 9.86. The van der Waals surface area contributed by atoms with Crippen molar-refractivity contribution in [3.63, 3.8) is 0 Å². The molecule has 2 atom stereocenters. The molecule has 0 bridgehead atoms. The predicted molar refractivity (Wildman–Crippen MR) is 82.7 cm³/mol. The summed E-state index contributed by atoms with van der Waals surface area (Å²) in [5, 5.41) is 3.30. The number of hydrogen-bond donors (Lipinski definition) is 2. The normalized spacial score (nSPS) is 19.2. The number of aliphatic imine (C=N–C) groups is 1. The number of nitrogens with one attached hydrogen (secondary N) is 1. The predicted octanol–water partition coefficient (Wildman–Crippen LogP) is 2.30. The Morgan fingerprint density at radius 1 is 1.05 bits per heavy atom. The monoisotopic (exact) mass is 265 g/mol. The van der Waals surface area contributed by atoms with E-state index in [1.807, 2.05) is 0 Å². The second kappa shape index (κ2) is 5.78. The van der Waals surface area contributed by atoms with E-state index in [4.69, 9.17) is 5.73 Å². The molecular formula is C17H19N3. The van der Waals surface area contributed by atoms with Gasteiger partial charge in [-0.1, -0.05) is 60.7 Å². The molecule has 0 saturated heterocycles. The fourth-order valence-electron chi connectivity index (χ4n) is 2.77. The molecule has 2 aromatic carbocycles. The van der Waals surface area contributed by atoms with Crippen molar-refractivity contribution in [2.24, 2.45) is 10.7 Å². The van der Waals surface area contributed by atoms with Crippen molar-refractivity contribution in [1.82, 2.24) is 5.32 Å². The van der Waals surface area contributed by atoms with Crippen LogP contribution in [0.5, 0.6) is 0 Å². The summed E-state index contributed by atoms with van der Waals surface area (Å²) in [7, 11) is 0. The first-order valence-corrected chi connectivity index (χ1v) is 6.98. The van der Waals surface area contributed by atoms with E-state index in [0.717, 1.165) is 13.0 Å². The van der Waals surface area contributed by atoms with Gasteiger partial charge in [-0.05, 0) is 17.5 Å². The molecule has 2 aromatic rings. The van der Waals surface area contributed by atoms with Crippen LogP contribution in [0.3, 0.4) is 0 Å². The Labute approximate surface area is 119 Å². The molecule has 0 amide bonds. The molecule has 3 heteroatoms. The number of rotatable bonds is 4. The van der Waals surface area contributed by atoms with Gasteiger partial charge in [-0.25, -0.2) is 0 Å². The summed E-state index contributed by atoms with van der Waals surface area (Å²) in [6, 6.07) is 21.5. The zero-order valence-corrected chi connectivity index (χ0v) is 11.4. The number of nitrogens with zero attached hydrogens (tertiary/aromatic N) is 1. The van der Waals surface area contributed by atoms with Gasteiger partial charge in [0.1, 0.15) is 0 Å². The largest absolute Gasteiger partial charge is 0.370 e. The van der Waals surface area contributed by atoms with Gasteiger partial charge in [-0.2, -0.15) is 0 Å². The van der Waals surface area contributed by atoms with Crippen molar-refractivity contribution < 1.29 is 0 Å². The lowest BCUT2D eigenvalue weighted by Crippen LogP contribution is -2.39. The molecular weight excluding hydrogens is 246 g/mol. The van der Waals surface area contributed by atoms with Gasteiger partial charge >= 0.3 is 0 Å². The molecule has 1 aliphatic heterocycles. The number of guanidine groups is 1. The van der Waals surface area contributed by atoms with E-state index in [1.54, 1.807) is 0 Å². The van der Waals surface area contributed by atoms with E-state index in [1.165, 1.54) is 11.1 Å². The van der Waals surface area contributed by atoms with Crippen LogP contribution in [0.4, 0.5) is 0 Å². The van der Waals surface area contributed by atoms with E-state index in [0.29, 0.717) is 11.9 Å². The van der Waals surface area contributed by atoms with Gasteiger partial charge in [0.2, 0.25) is 0 Å². The topological polar surface area (TPSA) is 50.4 Å². The van der Waals surface area contributed by atoms with Crippen LogP contribution in [0.1, 0.15) is 17.0 Å². The van der Waals surface area contributed by atoms with Crippen LogP contribution >= 0.6 is 0 Å². The summed E-state index contributed by atoms with van der Waals surface area (Å²) in [6.45, 7) is 0.748. The second-order valence-electron chi connectivity index (χ2n) is 5.18. The Hall–Kier alpha value is -2.29. The van der Waals surface area contributed by atoms with Crippen LogP contribution in [0, 0.1) is 0 Å². The lowest BCUT2D eigenvalue weighted by Gasteiger charge is -2.24. The first-order chi connectivity index (χ1) is 9.83. The minimum absolute atomic E-state index is 0.276. The number of hydrogen-bond acceptors (Lipinski definition) is 3. The van der Waals surface area contributed by atoms with Gasteiger partial charge in [0, 0.05) is 5.92 Å². The zero-order valence-electron chi connectivity index (χ0n) is 11.4. The zero-order chi connectivity index (χ0) is 13.8. The van der Waals surface area contributed by atoms with Crippen LogP contribution in [-0.2, 0) is 6.42 Å². The van der Waals surface area contributed by atoms with Crippen molar-refractivity contribution in [3.8, 4) is 0 Å². The third kappa shape index (κ3) is 2.82. The van der Waals surface area contributed by atoms with Gasteiger partial charge < -0.3 is 11.1 Å². The third-order valence-corrected chi connectivity index (χ3v) is 3.80. The molecule has 0 aromatic heterocycles. The summed E-state index contributed by atoms with van der Waals surface area (Å²) in [5.41, 5.74) is 8.45. The molecule has 3 N–H and O–H groups in total. The standard InChI is InChI=1S/C17H19N3/c18-17-19-12-16(20-17)15(14-9-5-2-6-10-14)11-13-7-3-1-4-8-13/h1-10,15-16H,11-12H2,(H3,18,19,20). The highest BCUT2D eigenvalue weighted by Crippen LogP contribution is 2.26. The molecule has 0 spiro atoms. The molecule has 0 saturated carbocycles. The van der Waals surface area contributed by atoms with E-state index in [2.05, 4.69) is 71.0 Å². The van der Waals surface area contributed by atoms with Crippen LogP contribution in [0.15, 0.2) is 65.7 Å². The first-order valence-electron chi connectivity index (χ1n) is 6.98. The van der Waals surface area contributed by atoms with E-state index < -0.39 is 0 Å². The summed E-state index contributed by atoms with van der Waals surface area (Å²) < 4.78 is 0. The maximum absolute atomic E-state index is 5.77. The van der Waals surface area contributed by atoms with Gasteiger partial charge in [0.25, 0.3) is 0 Å². The average molecular weight is 265 g/mol. The first kappa shape index (κ1) is 12.7. The summed E-state index contributed by atoms with van der Waals surface area (Å²) in [6.07, 6.45) is 0.991.